The molecule has 0 bridgehead atoms. The van der Waals surface area contributed by atoms with E-state index < -0.39 is 0 Å². The molecule has 0 aliphatic carbocycles. The molecule has 0 saturated heterocycles. The zero-order valence-corrected chi connectivity index (χ0v) is 18.4. The summed E-state index contributed by atoms with van der Waals surface area (Å²) in [6.45, 7) is 4.27. The van der Waals surface area contributed by atoms with Crippen molar-refractivity contribution in [2.24, 2.45) is 0 Å². The number of aromatic nitrogens is 3. The number of benzene rings is 1. The van der Waals surface area contributed by atoms with Gasteiger partial charge in [0.2, 0.25) is 0 Å². The smallest absolute Gasteiger partial charge is 0.132 e. The Bertz CT molecular complexity index is 1140. The minimum atomic E-state index is 0.759. The van der Waals surface area contributed by atoms with Crippen molar-refractivity contribution in [2.75, 3.05) is 14.2 Å². The molecular weight excluding hydrogens is 410 g/mol. The summed E-state index contributed by atoms with van der Waals surface area (Å²) in [6, 6.07) is 5.79. The summed E-state index contributed by atoms with van der Waals surface area (Å²) in [4.78, 5) is 16.1. The Morgan fingerprint density at radius 3 is 2.75 bits per heavy atom. The van der Waals surface area contributed by atoms with Crippen molar-refractivity contribution in [1.29, 1.82) is 0 Å². The molecule has 3 heterocycles. The summed E-state index contributed by atoms with van der Waals surface area (Å²) in [5.41, 5.74) is 3.27. The summed E-state index contributed by atoms with van der Waals surface area (Å²) in [6.07, 6.45) is 1.65. The summed E-state index contributed by atoms with van der Waals surface area (Å²) in [7, 11) is 3.31. The number of aryl methyl sites for hydroxylation is 2. The molecule has 0 fully saturated rings. The van der Waals surface area contributed by atoms with Gasteiger partial charge in [-0.05, 0) is 31.5 Å². The molecule has 144 valence electrons. The lowest BCUT2D eigenvalue weighted by atomic mass is 10.2. The number of thioether (sulfide) groups is 1. The van der Waals surface area contributed by atoms with Crippen LogP contribution in [0.25, 0.3) is 20.8 Å². The molecule has 8 heteroatoms. The maximum atomic E-state index is 5.51. The molecule has 0 amide bonds. The molecule has 0 aliphatic rings. The number of thiophene rings is 1. The van der Waals surface area contributed by atoms with Crippen LogP contribution >= 0.6 is 34.4 Å². The third-order valence-corrected chi connectivity index (χ3v) is 7.54. The number of fused-ring (bicyclic) bond motifs is 1. The minimum absolute atomic E-state index is 0.759. The van der Waals surface area contributed by atoms with Gasteiger partial charge in [-0.15, -0.1) is 22.7 Å². The van der Waals surface area contributed by atoms with Gasteiger partial charge in [0.05, 0.1) is 25.5 Å². The average molecular weight is 430 g/mol. The average Bonchev–Trinajstić information content (AvgIpc) is 3.30. The first-order valence-corrected chi connectivity index (χ1v) is 11.3. The summed E-state index contributed by atoms with van der Waals surface area (Å²) >= 11 is 5.04. The number of hydrogen-bond acceptors (Lipinski definition) is 8. The SMILES string of the molecule is COc1ccc(-c2nc(CSc3ncnc4sc(C)c(C)c34)cs2)c(OC)c1. The molecule has 28 heavy (non-hydrogen) atoms. The zero-order chi connectivity index (χ0) is 19.7. The fourth-order valence-electron chi connectivity index (χ4n) is 2.87. The molecule has 0 aliphatic heterocycles. The highest BCUT2D eigenvalue weighted by Crippen LogP contribution is 2.38. The van der Waals surface area contributed by atoms with Gasteiger partial charge in [0.15, 0.2) is 0 Å². The van der Waals surface area contributed by atoms with E-state index in [1.165, 1.54) is 15.8 Å². The van der Waals surface area contributed by atoms with Crippen molar-refractivity contribution in [3.05, 3.63) is 46.0 Å². The van der Waals surface area contributed by atoms with Gasteiger partial charge in [-0.3, -0.25) is 0 Å². The van der Waals surface area contributed by atoms with E-state index in [2.05, 4.69) is 29.2 Å². The maximum absolute atomic E-state index is 5.51. The van der Waals surface area contributed by atoms with E-state index in [1.54, 1.807) is 55.0 Å². The van der Waals surface area contributed by atoms with Crippen LogP contribution in [0.1, 0.15) is 16.1 Å². The predicted octanol–water partition coefficient (Wildman–Crippen LogP) is 5.74. The van der Waals surface area contributed by atoms with Crippen molar-refractivity contribution in [3.8, 4) is 22.1 Å². The van der Waals surface area contributed by atoms with E-state index in [9.17, 15) is 0 Å². The molecule has 3 aromatic heterocycles. The molecule has 4 rings (SSSR count). The Morgan fingerprint density at radius 2 is 1.96 bits per heavy atom. The van der Waals surface area contributed by atoms with Gasteiger partial charge >= 0.3 is 0 Å². The van der Waals surface area contributed by atoms with Crippen molar-refractivity contribution < 1.29 is 9.47 Å². The van der Waals surface area contributed by atoms with Crippen molar-refractivity contribution >= 4 is 44.7 Å². The second kappa shape index (κ2) is 8.06. The van der Waals surface area contributed by atoms with Crippen LogP contribution in [0, 0.1) is 13.8 Å². The molecule has 0 saturated carbocycles. The first kappa shape index (κ1) is 19.2. The maximum Gasteiger partial charge on any atom is 0.132 e. The number of ether oxygens (including phenoxy) is 2. The van der Waals surface area contributed by atoms with Gasteiger partial charge in [0.25, 0.3) is 0 Å². The summed E-state index contributed by atoms with van der Waals surface area (Å²) in [5.74, 6) is 2.28. The molecule has 4 aromatic rings. The largest absolute Gasteiger partial charge is 0.497 e. The lowest BCUT2D eigenvalue weighted by Crippen LogP contribution is -1.91. The molecule has 0 radical (unpaired) electrons. The van der Waals surface area contributed by atoms with Crippen LogP contribution in [-0.4, -0.2) is 29.2 Å². The third kappa shape index (κ3) is 3.59. The second-order valence-electron chi connectivity index (χ2n) is 6.14. The standard InChI is InChI=1S/C20H19N3O2S3/c1-11-12(2)28-20-17(11)19(21-10-22-20)27-9-13-8-26-18(23-13)15-6-5-14(24-3)7-16(15)25-4/h5-8,10H,9H2,1-4H3. The lowest BCUT2D eigenvalue weighted by Gasteiger charge is -2.08. The van der Waals surface area contributed by atoms with Crippen LogP contribution < -0.4 is 9.47 Å². The second-order valence-corrected chi connectivity index (χ2v) is 9.17. The third-order valence-electron chi connectivity index (χ3n) is 4.48. The first-order chi connectivity index (χ1) is 13.6. The molecule has 0 unspecified atom stereocenters. The van der Waals surface area contributed by atoms with Gasteiger partial charge in [-0.2, -0.15) is 0 Å². The lowest BCUT2D eigenvalue weighted by molar-refractivity contribution is 0.395. The molecule has 5 nitrogen and oxygen atoms in total. The fourth-order valence-corrected chi connectivity index (χ4v) is 5.84. The molecule has 1 aromatic carbocycles. The summed E-state index contributed by atoms with van der Waals surface area (Å²) < 4.78 is 10.8. The van der Waals surface area contributed by atoms with Crippen LogP contribution in [0.15, 0.2) is 34.9 Å². The van der Waals surface area contributed by atoms with E-state index in [-0.39, 0.29) is 0 Å². The fraction of sp³-hybridized carbons (Fsp3) is 0.250. The number of nitrogens with zero attached hydrogens (tertiary/aromatic N) is 3. The van der Waals surface area contributed by atoms with Gasteiger partial charge in [-0.25, -0.2) is 15.0 Å². The Morgan fingerprint density at radius 1 is 1.11 bits per heavy atom. The number of thiazole rings is 1. The van der Waals surface area contributed by atoms with Gasteiger partial charge < -0.3 is 9.47 Å². The van der Waals surface area contributed by atoms with Crippen LogP contribution in [0.4, 0.5) is 0 Å². The first-order valence-electron chi connectivity index (χ1n) is 8.61. The predicted molar refractivity (Wildman–Crippen MR) is 117 cm³/mol. The van der Waals surface area contributed by atoms with Crippen molar-refractivity contribution in [2.45, 2.75) is 24.6 Å². The Kier molecular flexibility index (Phi) is 5.52. The van der Waals surface area contributed by atoms with Crippen LogP contribution in [0.5, 0.6) is 11.5 Å². The number of hydrogen-bond donors (Lipinski definition) is 0. The quantitative estimate of drug-likeness (QED) is 0.288. The minimum Gasteiger partial charge on any atom is -0.497 e. The molecular formula is C20H19N3O2S3. The Labute approximate surface area is 175 Å². The van der Waals surface area contributed by atoms with Gasteiger partial charge in [0, 0.05) is 27.5 Å². The van der Waals surface area contributed by atoms with E-state index in [4.69, 9.17) is 14.5 Å². The molecule has 0 atom stereocenters. The highest BCUT2D eigenvalue weighted by molar-refractivity contribution is 7.98. The van der Waals surface area contributed by atoms with Crippen molar-refractivity contribution in [3.63, 3.8) is 0 Å². The van der Waals surface area contributed by atoms with E-state index >= 15 is 0 Å². The zero-order valence-electron chi connectivity index (χ0n) is 16.0. The molecule has 0 spiro atoms. The highest BCUT2D eigenvalue weighted by atomic mass is 32.2. The van der Waals surface area contributed by atoms with Crippen LogP contribution in [0.3, 0.4) is 0 Å². The van der Waals surface area contributed by atoms with Crippen molar-refractivity contribution in [1.82, 2.24) is 15.0 Å². The monoisotopic (exact) mass is 429 g/mol. The number of rotatable bonds is 6. The Balaban J connectivity index is 1.57. The molecule has 0 N–H and O–H groups in total. The van der Waals surface area contributed by atoms with E-state index in [0.29, 0.717) is 0 Å². The van der Waals surface area contributed by atoms with Gasteiger partial charge in [-0.1, -0.05) is 11.8 Å². The van der Waals surface area contributed by atoms with Gasteiger partial charge in [0.1, 0.15) is 32.7 Å². The number of methoxy groups -OCH3 is 2. The normalized spacial score (nSPS) is 11.1. The Hall–Kier alpha value is -2.16. The van der Waals surface area contributed by atoms with Crippen LogP contribution in [-0.2, 0) is 5.75 Å². The van der Waals surface area contributed by atoms with E-state index in [0.717, 1.165) is 43.4 Å². The van der Waals surface area contributed by atoms with Crippen LogP contribution in [0.2, 0.25) is 0 Å². The topological polar surface area (TPSA) is 57.1 Å². The summed E-state index contributed by atoms with van der Waals surface area (Å²) in [5, 5.41) is 5.21. The van der Waals surface area contributed by atoms with E-state index in [1.807, 2.05) is 18.2 Å². The highest BCUT2D eigenvalue weighted by Gasteiger charge is 2.15.